The third-order valence-electron chi connectivity index (χ3n) is 15.6. The van der Waals surface area contributed by atoms with Crippen LogP contribution in [-0.2, 0) is 32.7 Å². The minimum absolute atomic E-state index is 0.0340. The first-order valence-corrected chi connectivity index (χ1v) is 36.2. The second-order valence-electron chi connectivity index (χ2n) is 24.9. The van der Waals surface area contributed by atoms with E-state index in [2.05, 4.69) is 50.3 Å². The van der Waals surface area contributed by atoms with Gasteiger partial charge in [-0.3, -0.25) is 18.6 Å². The van der Waals surface area contributed by atoms with Crippen molar-refractivity contribution >= 4 is 19.8 Å². The van der Waals surface area contributed by atoms with Crippen LogP contribution >= 0.6 is 7.82 Å². The molecule has 0 radical (unpaired) electrons. The molecule has 0 saturated carbocycles. The number of carbonyl (C=O) groups excluding carboxylic acids is 2. The lowest BCUT2D eigenvalue weighted by Gasteiger charge is -2.24. The number of nitrogens with zero attached hydrogens (tertiary/aromatic N) is 1. The molecule has 0 spiro atoms. The minimum Gasteiger partial charge on any atom is -0.462 e. The zero-order valence-corrected chi connectivity index (χ0v) is 54.7. The van der Waals surface area contributed by atoms with Gasteiger partial charge in [-0.25, -0.2) is 4.57 Å². The Bertz CT molecular complexity index is 1440. The van der Waals surface area contributed by atoms with Gasteiger partial charge in [-0.2, -0.15) is 0 Å². The molecule has 80 heavy (non-hydrogen) atoms. The van der Waals surface area contributed by atoms with Crippen molar-refractivity contribution < 1.29 is 42.1 Å². The highest BCUT2D eigenvalue weighted by Gasteiger charge is 2.27. The van der Waals surface area contributed by atoms with Crippen LogP contribution in [-0.4, -0.2) is 74.9 Å². The van der Waals surface area contributed by atoms with Gasteiger partial charge in [0.25, 0.3) is 0 Å². The molecule has 0 amide bonds. The Balaban J connectivity index is 3.97. The van der Waals surface area contributed by atoms with Crippen molar-refractivity contribution in [3.8, 4) is 0 Å². The topological polar surface area (TPSA) is 108 Å². The smallest absolute Gasteiger partial charge is 0.462 e. The van der Waals surface area contributed by atoms with Crippen LogP contribution in [0.2, 0.25) is 0 Å². The SMILES string of the molecule is CCCCCCC/C=C\C/C=C\CCCCCCCCCCCCCCCCCCCCCCCCCC(=O)OC(COC(=O)CCCCCCCCCCC/C=C\CCCCCCCCCC)COP(=O)(O)OCC[N+](C)(C)C. The van der Waals surface area contributed by atoms with Gasteiger partial charge < -0.3 is 18.9 Å². The second-order valence-corrected chi connectivity index (χ2v) is 26.4. The molecule has 1 N–H and O–H groups in total. The van der Waals surface area contributed by atoms with Gasteiger partial charge in [-0.05, 0) is 70.6 Å². The van der Waals surface area contributed by atoms with Crippen LogP contribution in [0.5, 0.6) is 0 Å². The third kappa shape index (κ3) is 65.4. The number of hydrogen-bond acceptors (Lipinski definition) is 7. The molecule has 0 aromatic carbocycles. The maximum absolute atomic E-state index is 12.9. The molecule has 0 fully saturated rings. The molecular formula is C70H135NO8P+. The molecule has 0 heterocycles. The number of hydrogen-bond donors (Lipinski definition) is 1. The maximum Gasteiger partial charge on any atom is 0.472 e. The number of phosphoric acid groups is 1. The number of likely N-dealkylation sites (N-methyl/N-ethyl adjacent to an activating group) is 1. The summed E-state index contributed by atoms with van der Waals surface area (Å²) in [4.78, 5) is 35.8. The van der Waals surface area contributed by atoms with Crippen LogP contribution in [0.15, 0.2) is 36.5 Å². The van der Waals surface area contributed by atoms with Gasteiger partial charge in [0.15, 0.2) is 6.10 Å². The van der Waals surface area contributed by atoms with E-state index in [0.29, 0.717) is 23.9 Å². The molecule has 0 aliphatic carbocycles. The number of unbranched alkanes of at least 4 members (excludes halogenated alkanes) is 45. The molecular weight excluding hydrogens is 1010 g/mol. The normalized spacial score (nSPS) is 13.3. The van der Waals surface area contributed by atoms with Crippen molar-refractivity contribution in [1.82, 2.24) is 0 Å². The zero-order chi connectivity index (χ0) is 58.4. The minimum atomic E-state index is -4.39. The van der Waals surface area contributed by atoms with Crippen LogP contribution < -0.4 is 0 Å². The molecule has 0 aromatic rings. The summed E-state index contributed by atoms with van der Waals surface area (Å²) in [5.41, 5.74) is 0. The Morgan fingerprint density at radius 3 is 1.00 bits per heavy atom. The number of rotatable bonds is 65. The molecule has 472 valence electrons. The van der Waals surface area contributed by atoms with Gasteiger partial charge >= 0.3 is 19.8 Å². The lowest BCUT2D eigenvalue weighted by Crippen LogP contribution is -2.37. The van der Waals surface area contributed by atoms with Gasteiger partial charge in [0, 0.05) is 12.8 Å². The summed E-state index contributed by atoms with van der Waals surface area (Å²) in [5, 5.41) is 0. The second kappa shape index (κ2) is 61.8. The largest absolute Gasteiger partial charge is 0.472 e. The average molecular weight is 1150 g/mol. The number of phosphoric ester groups is 1. The van der Waals surface area contributed by atoms with E-state index in [1.165, 1.54) is 276 Å². The lowest BCUT2D eigenvalue weighted by atomic mass is 10.0. The van der Waals surface area contributed by atoms with Gasteiger partial charge in [-0.1, -0.05) is 301 Å². The number of carbonyl (C=O) groups is 2. The molecule has 0 aliphatic rings. The molecule has 0 bridgehead atoms. The summed E-state index contributed by atoms with van der Waals surface area (Å²) in [6.45, 7) is 4.48. The van der Waals surface area contributed by atoms with E-state index < -0.39 is 26.5 Å². The predicted molar refractivity (Wildman–Crippen MR) is 344 cm³/mol. The molecule has 0 aromatic heterocycles. The fourth-order valence-electron chi connectivity index (χ4n) is 10.3. The quantitative estimate of drug-likeness (QED) is 0.0211. The highest BCUT2D eigenvalue weighted by molar-refractivity contribution is 7.47. The summed E-state index contributed by atoms with van der Waals surface area (Å²) >= 11 is 0. The Kier molecular flexibility index (Phi) is 60.4. The van der Waals surface area contributed by atoms with E-state index >= 15 is 0 Å². The van der Waals surface area contributed by atoms with Crippen molar-refractivity contribution in [1.29, 1.82) is 0 Å². The van der Waals surface area contributed by atoms with Crippen molar-refractivity contribution in [2.45, 2.75) is 354 Å². The molecule has 2 atom stereocenters. The van der Waals surface area contributed by atoms with Gasteiger partial charge in [-0.15, -0.1) is 0 Å². The van der Waals surface area contributed by atoms with E-state index in [9.17, 15) is 19.0 Å². The standard InChI is InChI=1S/C70H134NO8P/c1-6-8-10-12-14-16-18-20-22-24-26-28-29-30-31-32-33-34-35-36-37-38-39-40-41-43-45-47-49-51-53-55-57-59-61-63-70(73)79-68(67-78-80(74,75)77-65-64-71(3,4)5)66-76-69(72)62-60-58-56-54-52-50-48-46-44-42-27-25-23-21-19-17-15-13-11-9-7-2/h18,20,24-27,68H,6-17,19,21-23,28-67H2,1-5H3/p+1/b20-18-,26-24-,27-25-. The van der Waals surface area contributed by atoms with Crippen molar-refractivity contribution in [3.05, 3.63) is 36.5 Å². The Morgan fingerprint density at radius 1 is 0.388 bits per heavy atom. The van der Waals surface area contributed by atoms with Gasteiger partial charge in [0.1, 0.15) is 19.8 Å². The predicted octanol–water partition coefficient (Wildman–Crippen LogP) is 22.3. The molecule has 0 saturated heterocycles. The Labute approximate surface area is 497 Å². The highest BCUT2D eigenvalue weighted by Crippen LogP contribution is 2.43. The molecule has 0 rings (SSSR count). The Morgan fingerprint density at radius 2 is 0.675 bits per heavy atom. The molecule has 0 aliphatic heterocycles. The lowest BCUT2D eigenvalue weighted by molar-refractivity contribution is -0.870. The fourth-order valence-corrected chi connectivity index (χ4v) is 11.0. The van der Waals surface area contributed by atoms with Crippen LogP contribution in [0.3, 0.4) is 0 Å². The van der Waals surface area contributed by atoms with Crippen LogP contribution in [0, 0.1) is 0 Å². The fraction of sp³-hybridized carbons (Fsp3) is 0.886. The number of ether oxygens (including phenoxy) is 2. The Hall–Kier alpha value is -1.77. The monoisotopic (exact) mass is 1150 g/mol. The summed E-state index contributed by atoms with van der Waals surface area (Å²) in [6, 6.07) is 0. The maximum atomic E-state index is 12.9. The van der Waals surface area contributed by atoms with Crippen molar-refractivity contribution in [3.63, 3.8) is 0 Å². The zero-order valence-electron chi connectivity index (χ0n) is 53.8. The first-order chi connectivity index (χ1) is 39.0. The molecule has 2 unspecified atom stereocenters. The van der Waals surface area contributed by atoms with E-state index in [0.717, 1.165) is 38.5 Å². The van der Waals surface area contributed by atoms with Crippen LogP contribution in [0.1, 0.15) is 348 Å². The molecule has 10 heteroatoms. The third-order valence-corrected chi connectivity index (χ3v) is 16.6. The summed E-state index contributed by atoms with van der Waals surface area (Å²) in [7, 11) is 1.49. The number of quaternary nitrogens is 1. The summed E-state index contributed by atoms with van der Waals surface area (Å²) in [5.74, 6) is -0.780. The summed E-state index contributed by atoms with van der Waals surface area (Å²) in [6.07, 6.45) is 78.2. The number of allylic oxidation sites excluding steroid dienone is 6. The average Bonchev–Trinajstić information content (AvgIpc) is 3.42. The van der Waals surface area contributed by atoms with E-state index in [1.54, 1.807) is 0 Å². The van der Waals surface area contributed by atoms with Crippen molar-refractivity contribution in [2.24, 2.45) is 0 Å². The van der Waals surface area contributed by atoms with Gasteiger partial charge in [0.2, 0.25) is 0 Å². The van der Waals surface area contributed by atoms with Crippen LogP contribution in [0.25, 0.3) is 0 Å². The first-order valence-electron chi connectivity index (χ1n) is 34.7. The van der Waals surface area contributed by atoms with E-state index in [4.69, 9.17) is 18.5 Å². The molecule has 9 nitrogen and oxygen atoms in total. The highest BCUT2D eigenvalue weighted by atomic mass is 31.2. The number of esters is 2. The summed E-state index contributed by atoms with van der Waals surface area (Å²) < 4.78 is 34.7. The first kappa shape index (κ1) is 78.2. The van der Waals surface area contributed by atoms with E-state index in [-0.39, 0.29) is 25.6 Å². The van der Waals surface area contributed by atoms with Gasteiger partial charge in [0.05, 0.1) is 27.7 Å². The van der Waals surface area contributed by atoms with Crippen LogP contribution in [0.4, 0.5) is 0 Å². The van der Waals surface area contributed by atoms with E-state index in [1.807, 2.05) is 21.1 Å². The van der Waals surface area contributed by atoms with Crippen molar-refractivity contribution in [2.75, 3.05) is 47.5 Å².